The van der Waals surface area contributed by atoms with Gasteiger partial charge in [0, 0.05) is 27.9 Å². The number of hydrogen-bond donors (Lipinski definition) is 0. The molecule has 7 aromatic carbocycles. The summed E-state index contributed by atoms with van der Waals surface area (Å²) in [5.74, 6) is 0. The smallest absolute Gasteiger partial charge is 0.0465 e. The number of nitrogens with zero attached hydrogens (tertiary/aromatic N) is 1. The molecule has 2 aliphatic carbocycles. The average molecular weight is 630 g/mol. The van der Waals surface area contributed by atoms with E-state index in [1.807, 2.05) is 0 Å². The van der Waals surface area contributed by atoms with E-state index in [1.165, 1.54) is 66.8 Å². The summed E-state index contributed by atoms with van der Waals surface area (Å²) in [5.41, 5.74) is 19.3. The van der Waals surface area contributed by atoms with Crippen molar-refractivity contribution >= 4 is 17.1 Å². The maximum Gasteiger partial charge on any atom is 0.0465 e. The number of para-hydroxylation sites is 1. The van der Waals surface area contributed by atoms with Crippen LogP contribution in [0, 0.1) is 0 Å². The number of rotatable bonds is 5. The number of anilines is 3. The fraction of sp³-hybridized carbons (Fsp3) is 0.125. The molecule has 0 atom stereocenters. The molecule has 0 saturated heterocycles. The summed E-state index contributed by atoms with van der Waals surface area (Å²) in [7, 11) is 0. The van der Waals surface area contributed by atoms with Crippen LogP contribution in [0.2, 0.25) is 0 Å². The van der Waals surface area contributed by atoms with Crippen molar-refractivity contribution in [2.75, 3.05) is 4.90 Å². The quantitative estimate of drug-likeness (QED) is 0.183. The molecule has 0 radical (unpaired) electrons. The Balaban J connectivity index is 1.12. The Morgan fingerprint density at radius 2 is 0.857 bits per heavy atom. The normalized spacial score (nSPS) is 14.4. The maximum absolute atomic E-state index is 2.42. The van der Waals surface area contributed by atoms with Crippen LogP contribution >= 0.6 is 0 Å². The van der Waals surface area contributed by atoms with Crippen molar-refractivity contribution < 1.29 is 0 Å². The van der Waals surface area contributed by atoms with Crippen molar-refractivity contribution in [1.82, 2.24) is 0 Å². The average Bonchev–Trinajstić information content (AvgIpc) is 3.52. The van der Waals surface area contributed by atoms with Crippen LogP contribution in [0.1, 0.15) is 49.9 Å². The Labute approximate surface area is 290 Å². The van der Waals surface area contributed by atoms with Gasteiger partial charge in [0.1, 0.15) is 0 Å². The molecule has 2 aliphatic rings. The first-order valence-electron chi connectivity index (χ1n) is 17.4. The van der Waals surface area contributed by atoms with Gasteiger partial charge in [-0.05, 0) is 109 Å². The molecule has 0 spiro atoms. The van der Waals surface area contributed by atoms with E-state index in [0.29, 0.717) is 0 Å². The van der Waals surface area contributed by atoms with Gasteiger partial charge < -0.3 is 4.90 Å². The van der Waals surface area contributed by atoms with E-state index in [1.54, 1.807) is 0 Å². The molecule has 9 rings (SSSR count). The SMILES string of the molecule is CC1(C)c2cc(-c3ccccc3)ccc2-c2ccc(N(c3ccccc3)c3ccc(-c4cccc5c4-c4ccccc4C5(C)C)cc3)cc21. The summed E-state index contributed by atoms with van der Waals surface area (Å²) in [6.07, 6.45) is 0. The van der Waals surface area contributed by atoms with E-state index in [-0.39, 0.29) is 10.8 Å². The Hall–Kier alpha value is -5.66. The first-order chi connectivity index (χ1) is 23.8. The van der Waals surface area contributed by atoms with Gasteiger partial charge in [0.15, 0.2) is 0 Å². The molecule has 0 saturated carbocycles. The summed E-state index contributed by atoms with van der Waals surface area (Å²) < 4.78 is 0. The second-order valence-corrected chi connectivity index (χ2v) is 14.6. The van der Waals surface area contributed by atoms with Gasteiger partial charge in [0.2, 0.25) is 0 Å². The standard InChI is InChI=1S/C48H39N/c1-47(2)42-20-12-11-18-41(42)46-38(19-13-21-43(46)47)33-22-25-36(26-23-33)49(35-16-9-6-10-17-35)37-27-29-40-39-28-24-34(32-14-7-5-8-15-32)30-44(39)48(3,4)45(40)31-37/h5-31H,1-4H3. The number of benzene rings is 7. The molecule has 0 fully saturated rings. The molecule has 1 nitrogen and oxygen atoms in total. The van der Waals surface area contributed by atoms with Crippen molar-refractivity contribution in [3.63, 3.8) is 0 Å². The highest BCUT2D eigenvalue weighted by atomic mass is 15.1. The molecule has 0 unspecified atom stereocenters. The van der Waals surface area contributed by atoms with E-state index >= 15 is 0 Å². The van der Waals surface area contributed by atoms with E-state index in [4.69, 9.17) is 0 Å². The Bertz CT molecular complexity index is 2360. The zero-order chi connectivity index (χ0) is 33.3. The Morgan fingerprint density at radius 3 is 1.61 bits per heavy atom. The van der Waals surface area contributed by atoms with E-state index in [0.717, 1.165) is 17.1 Å². The summed E-state index contributed by atoms with van der Waals surface area (Å²) in [4.78, 5) is 2.40. The van der Waals surface area contributed by atoms with Crippen LogP contribution in [-0.2, 0) is 10.8 Å². The molecule has 0 N–H and O–H groups in total. The van der Waals surface area contributed by atoms with Gasteiger partial charge in [-0.2, -0.15) is 0 Å². The monoisotopic (exact) mass is 629 g/mol. The largest absolute Gasteiger partial charge is 0.310 e. The molecule has 0 aliphatic heterocycles. The summed E-state index contributed by atoms with van der Waals surface area (Å²) in [6.45, 7) is 9.44. The zero-order valence-corrected chi connectivity index (χ0v) is 28.5. The van der Waals surface area contributed by atoms with Crippen LogP contribution in [0.15, 0.2) is 164 Å². The highest BCUT2D eigenvalue weighted by molar-refractivity contribution is 5.93. The van der Waals surface area contributed by atoms with Crippen LogP contribution in [-0.4, -0.2) is 0 Å². The van der Waals surface area contributed by atoms with Crippen LogP contribution in [0.25, 0.3) is 44.5 Å². The van der Waals surface area contributed by atoms with Crippen molar-refractivity contribution in [1.29, 1.82) is 0 Å². The highest BCUT2D eigenvalue weighted by Gasteiger charge is 2.37. The summed E-state index contributed by atoms with van der Waals surface area (Å²) in [6, 6.07) is 60.4. The molecule has 0 amide bonds. The van der Waals surface area contributed by atoms with Gasteiger partial charge in [0.05, 0.1) is 0 Å². The van der Waals surface area contributed by atoms with Crippen LogP contribution in [0.3, 0.4) is 0 Å². The second kappa shape index (κ2) is 10.9. The lowest BCUT2D eigenvalue weighted by Gasteiger charge is -2.28. The number of fused-ring (bicyclic) bond motifs is 6. The highest BCUT2D eigenvalue weighted by Crippen LogP contribution is 2.53. The van der Waals surface area contributed by atoms with E-state index in [2.05, 4.69) is 196 Å². The maximum atomic E-state index is 2.42. The fourth-order valence-corrected chi connectivity index (χ4v) is 8.48. The summed E-state index contributed by atoms with van der Waals surface area (Å²) >= 11 is 0. The van der Waals surface area contributed by atoms with Gasteiger partial charge in [-0.15, -0.1) is 0 Å². The topological polar surface area (TPSA) is 3.24 Å². The minimum absolute atomic E-state index is 0.0178. The minimum Gasteiger partial charge on any atom is -0.310 e. The third-order valence-corrected chi connectivity index (χ3v) is 11.1. The first-order valence-corrected chi connectivity index (χ1v) is 17.4. The fourth-order valence-electron chi connectivity index (χ4n) is 8.48. The lowest BCUT2D eigenvalue weighted by atomic mass is 9.81. The first kappa shape index (κ1) is 29.5. The Morgan fingerprint density at radius 1 is 0.327 bits per heavy atom. The lowest BCUT2D eigenvalue weighted by molar-refractivity contribution is 0.660. The van der Waals surface area contributed by atoms with Crippen LogP contribution in [0.5, 0.6) is 0 Å². The van der Waals surface area contributed by atoms with Gasteiger partial charge in [-0.25, -0.2) is 0 Å². The molecular formula is C48H39N. The van der Waals surface area contributed by atoms with Crippen LogP contribution < -0.4 is 4.90 Å². The van der Waals surface area contributed by atoms with Crippen molar-refractivity contribution in [3.05, 3.63) is 186 Å². The van der Waals surface area contributed by atoms with E-state index < -0.39 is 0 Å². The second-order valence-electron chi connectivity index (χ2n) is 14.6. The molecule has 236 valence electrons. The van der Waals surface area contributed by atoms with Gasteiger partial charge in [-0.3, -0.25) is 0 Å². The zero-order valence-electron chi connectivity index (χ0n) is 28.5. The third-order valence-electron chi connectivity index (χ3n) is 11.1. The molecular weight excluding hydrogens is 591 g/mol. The Kier molecular flexibility index (Phi) is 6.58. The molecule has 1 heteroatoms. The van der Waals surface area contributed by atoms with Crippen molar-refractivity contribution in [2.24, 2.45) is 0 Å². The number of hydrogen-bond acceptors (Lipinski definition) is 1. The minimum atomic E-state index is -0.130. The lowest BCUT2D eigenvalue weighted by Crippen LogP contribution is -2.16. The predicted molar refractivity (Wildman–Crippen MR) is 207 cm³/mol. The van der Waals surface area contributed by atoms with Gasteiger partial charge in [0.25, 0.3) is 0 Å². The van der Waals surface area contributed by atoms with E-state index in [9.17, 15) is 0 Å². The van der Waals surface area contributed by atoms with Gasteiger partial charge >= 0.3 is 0 Å². The molecule has 0 bridgehead atoms. The van der Waals surface area contributed by atoms with Crippen molar-refractivity contribution in [2.45, 2.75) is 38.5 Å². The molecule has 0 aromatic heterocycles. The molecule has 7 aromatic rings. The third kappa shape index (κ3) is 4.53. The van der Waals surface area contributed by atoms with Crippen molar-refractivity contribution in [3.8, 4) is 44.5 Å². The molecule has 0 heterocycles. The van der Waals surface area contributed by atoms with Crippen LogP contribution in [0.4, 0.5) is 17.1 Å². The summed E-state index contributed by atoms with van der Waals surface area (Å²) in [5, 5.41) is 0. The predicted octanol–water partition coefficient (Wildman–Crippen LogP) is 13.1. The van der Waals surface area contributed by atoms with Gasteiger partial charge in [-0.1, -0.05) is 149 Å². The molecule has 49 heavy (non-hydrogen) atoms.